The SMILES string of the molecule is NC(=O)C(NO)c1ccc(O)cc1. The second kappa shape index (κ2) is 3.88. The number of nitrogens with two attached hydrogens (primary N) is 1. The molecule has 13 heavy (non-hydrogen) atoms. The van der Waals surface area contributed by atoms with Crippen LogP contribution in [0.15, 0.2) is 24.3 Å². The van der Waals surface area contributed by atoms with Crippen LogP contribution in [-0.2, 0) is 4.79 Å². The Morgan fingerprint density at radius 1 is 1.38 bits per heavy atom. The number of hydrogen-bond donors (Lipinski definition) is 4. The van der Waals surface area contributed by atoms with E-state index in [1.54, 1.807) is 5.48 Å². The maximum atomic E-state index is 10.8. The molecule has 0 fully saturated rings. The van der Waals surface area contributed by atoms with Crippen LogP contribution in [0.5, 0.6) is 5.75 Å². The lowest BCUT2D eigenvalue weighted by Crippen LogP contribution is -2.31. The summed E-state index contributed by atoms with van der Waals surface area (Å²) in [5, 5.41) is 17.6. The molecule has 1 unspecified atom stereocenters. The van der Waals surface area contributed by atoms with Gasteiger partial charge in [-0.2, -0.15) is 5.48 Å². The Balaban J connectivity index is 2.92. The van der Waals surface area contributed by atoms with E-state index in [1.807, 2.05) is 0 Å². The van der Waals surface area contributed by atoms with Gasteiger partial charge in [0.15, 0.2) is 0 Å². The van der Waals surface area contributed by atoms with Crippen LogP contribution in [0.4, 0.5) is 0 Å². The van der Waals surface area contributed by atoms with Gasteiger partial charge < -0.3 is 16.0 Å². The molecule has 5 N–H and O–H groups in total. The van der Waals surface area contributed by atoms with Crippen molar-refractivity contribution in [2.75, 3.05) is 0 Å². The topological polar surface area (TPSA) is 95.6 Å². The molecule has 0 saturated carbocycles. The Hall–Kier alpha value is -1.59. The summed E-state index contributed by atoms with van der Waals surface area (Å²) in [6.07, 6.45) is 0. The quantitative estimate of drug-likeness (QED) is 0.491. The minimum absolute atomic E-state index is 0.0879. The fourth-order valence-electron chi connectivity index (χ4n) is 0.969. The lowest BCUT2D eigenvalue weighted by molar-refractivity contribution is -0.122. The molecule has 5 nitrogen and oxygen atoms in total. The van der Waals surface area contributed by atoms with Crippen LogP contribution >= 0.6 is 0 Å². The lowest BCUT2D eigenvalue weighted by Gasteiger charge is -2.10. The summed E-state index contributed by atoms with van der Waals surface area (Å²) < 4.78 is 0. The summed E-state index contributed by atoms with van der Waals surface area (Å²) >= 11 is 0. The maximum Gasteiger partial charge on any atom is 0.241 e. The van der Waals surface area contributed by atoms with E-state index >= 15 is 0 Å². The Kier molecular flexibility index (Phi) is 2.84. The van der Waals surface area contributed by atoms with E-state index in [-0.39, 0.29) is 5.75 Å². The third kappa shape index (κ3) is 2.17. The Morgan fingerprint density at radius 2 is 1.92 bits per heavy atom. The summed E-state index contributed by atoms with van der Waals surface area (Å²) in [6.45, 7) is 0. The number of hydroxylamine groups is 1. The Bertz CT molecular complexity index is 297. The zero-order valence-electron chi connectivity index (χ0n) is 6.77. The highest BCUT2D eigenvalue weighted by atomic mass is 16.5. The number of carbonyl (C=O) groups is 1. The first-order valence-electron chi connectivity index (χ1n) is 3.63. The van der Waals surface area contributed by atoms with Crippen LogP contribution in [0.2, 0.25) is 0 Å². The maximum absolute atomic E-state index is 10.8. The molecule has 0 aliphatic rings. The van der Waals surface area contributed by atoms with Gasteiger partial charge in [0.05, 0.1) is 0 Å². The standard InChI is InChI=1S/C8H10N2O3/c9-8(12)7(10-13)5-1-3-6(11)4-2-5/h1-4,7,10-11,13H,(H2,9,12). The number of phenolic OH excluding ortho intramolecular Hbond substituents is 1. The minimum atomic E-state index is -0.944. The molecule has 1 aromatic carbocycles. The van der Waals surface area contributed by atoms with E-state index in [0.717, 1.165) is 0 Å². The highest BCUT2D eigenvalue weighted by Gasteiger charge is 2.15. The molecule has 1 rings (SSSR count). The van der Waals surface area contributed by atoms with Crippen molar-refractivity contribution in [2.45, 2.75) is 6.04 Å². The van der Waals surface area contributed by atoms with E-state index in [1.165, 1.54) is 24.3 Å². The van der Waals surface area contributed by atoms with Gasteiger partial charge in [-0.3, -0.25) is 4.79 Å². The summed E-state index contributed by atoms with van der Waals surface area (Å²) in [5.41, 5.74) is 7.27. The van der Waals surface area contributed by atoms with E-state index in [2.05, 4.69) is 0 Å². The second-order valence-corrected chi connectivity index (χ2v) is 2.56. The van der Waals surface area contributed by atoms with Gasteiger partial charge in [0.25, 0.3) is 0 Å². The van der Waals surface area contributed by atoms with Crippen molar-refractivity contribution in [3.05, 3.63) is 29.8 Å². The fourth-order valence-corrected chi connectivity index (χ4v) is 0.969. The summed E-state index contributed by atoms with van der Waals surface area (Å²) in [7, 11) is 0. The molecule has 5 heteroatoms. The summed E-state index contributed by atoms with van der Waals surface area (Å²) in [4.78, 5) is 10.8. The molecule has 0 aliphatic heterocycles. The molecule has 1 amide bonds. The number of aromatic hydroxyl groups is 1. The number of nitrogens with one attached hydrogen (secondary N) is 1. The van der Waals surface area contributed by atoms with E-state index in [4.69, 9.17) is 16.0 Å². The molecule has 0 saturated heterocycles. The molecule has 0 aliphatic carbocycles. The predicted octanol–water partition coefficient (Wildman–Crippen LogP) is -0.103. The largest absolute Gasteiger partial charge is 0.508 e. The number of benzene rings is 1. The van der Waals surface area contributed by atoms with Crippen molar-refractivity contribution in [2.24, 2.45) is 5.73 Å². The van der Waals surface area contributed by atoms with Crippen molar-refractivity contribution in [1.82, 2.24) is 5.48 Å². The monoisotopic (exact) mass is 182 g/mol. The average Bonchev–Trinajstić information content (AvgIpc) is 2.09. The van der Waals surface area contributed by atoms with Gasteiger partial charge in [-0.1, -0.05) is 12.1 Å². The third-order valence-electron chi connectivity index (χ3n) is 1.64. The van der Waals surface area contributed by atoms with Crippen molar-refractivity contribution < 1.29 is 15.1 Å². The molecule has 0 spiro atoms. The van der Waals surface area contributed by atoms with Crippen molar-refractivity contribution in [1.29, 1.82) is 0 Å². The van der Waals surface area contributed by atoms with Crippen molar-refractivity contribution >= 4 is 5.91 Å². The highest BCUT2D eigenvalue weighted by Crippen LogP contribution is 2.15. The molecular formula is C8H10N2O3. The normalized spacial score (nSPS) is 12.4. The van der Waals surface area contributed by atoms with Crippen LogP contribution in [0, 0.1) is 0 Å². The minimum Gasteiger partial charge on any atom is -0.508 e. The molecular weight excluding hydrogens is 172 g/mol. The van der Waals surface area contributed by atoms with Gasteiger partial charge in [-0.05, 0) is 17.7 Å². The first-order valence-corrected chi connectivity index (χ1v) is 3.63. The second-order valence-electron chi connectivity index (χ2n) is 2.56. The van der Waals surface area contributed by atoms with Gasteiger partial charge >= 0.3 is 0 Å². The first kappa shape index (κ1) is 9.50. The van der Waals surface area contributed by atoms with Crippen molar-refractivity contribution in [3.8, 4) is 5.75 Å². The van der Waals surface area contributed by atoms with Gasteiger partial charge in [-0.15, -0.1) is 0 Å². The van der Waals surface area contributed by atoms with Crippen molar-refractivity contribution in [3.63, 3.8) is 0 Å². The molecule has 1 atom stereocenters. The van der Waals surface area contributed by atoms with Crippen LogP contribution in [-0.4, -0.2) is 16.2 Å². The Labute approximate surface area is 74.8 Å². The highest BCUT2D eigenvalue weighted by molar-refractivity contribution is 5.81. The van der Waals surface area contributed by atoms with E-state index in [9.17, 15) is 4.79 Å². The Morgan fingerprint density at radius 3 is 2.31 bits per heavy atom. The van der Waals surface area contributed by atoms with Crippen LogP contribution < -0.4 is 11.2 Å². The smallest absolute Gasteiger partial charge is 0.241 e. The van der Waals surface area contributed by atoms with E-state index in [0.29, 0.717) is 5.56 Å². The van der Waals surface area contributed by atoms with Gasteiger partial charge in [-0.25, -0.2) is 0 Å². The van der Waals surface area contributed by atoms with Gasteiger partial charge in [0.1, 0.15) is 11.8 Å². The van der Waals surface area contributed by atoms with Gasteiger partial charge in [0, 0.05) is 0 Å². The van der Waals surface area contributed by atoms with Crippen LogP contribution in [0.3, 0.4) is 0 Å². The number of hydrogen-bond acceptors (Lipinski definition) is 4. The van der Waals surface area contributed by atoms with E-state index < -0.39 is 11.9 Å². The number of carbonyl (C=O) groups excluding carboxylic acids is 1. The molecule has 1 aromatic rings. The number of amides is 1. The first-order chi connectivity index (χ1) is 6.15. The summed E-state index contributed by atoms with van der Waals surface area (Å²) in [5.74, 6) is -0.599. The fraction of sp³-hybridized carbons (Fsp3) is 0.125. The van der Waals surface area contributed by atoms with Crippen LogP contribution in [0.25, 0.3) is 0 Å². The number of primary amides is 1. The van der Waals surface area contributed by atoms with Gasteiger partial charge in [0.2, 0.25) is 5.91 Å². The number of rotatable bonds is 3. The van der Waals surface area contributed by atoms with Crippen LogP contribution in [0.1, 0.15) is 11.6 Å². The molecule has 0 bridgehead atoms. The number of phenols is 1. The third-order valence-corrected chi connectivity index (χ3v) is 1.64. The summed E-state index contributed by atoms with van der Waals surface area (Å²) in [6, 6.07) is 4.85. The predicted molar refractivity (Wildman–Crippen MR) is 45.0 cm³/mol. The lowest BCUT2D eigenvalue weighted by atomic mass is 10.1. The molecule has 0 radical (unpaired) electrons. The average molecular weight is 182 g/mol. The molecule has 70 valence electrons. The molecule has 0 heterocycles. The zero-order valence-corrected chi connectivity index (χ0v) is 6.77. The molecule has 0 aromatic heterocycles. The zero-order chi connectivity index (χ0) is 9.84.